The molecule has 0 saturated heterocycles. The minimum Gasteiger partial charge on any atom is -0.496 e. The van der Waals surface area contributed by atoms with Crippen molar-refractivity contribution in [1.82, 2.24) is 29.2 Å². The Kier molecular flexibility index (Phi) is 5.01. The van der Waals surface area contributed by atoms with Gasteiger partial charge >= 0.3 is 0 Å². The second-order valence-electron chi connectivity index (χ2n) is 8.20. The molecule has 4 aromatic rings. The number of aryl methyl sites for hydroxylation is 2. The summed E-state index contributed by atoms with van der Waals surface area (Å²) in [5.74, 6) is 0.785. The van der Waals surface area contributed by atoms with Crippen LogP contribution in [-0.4, -0.2) is 48.8 Å². The molecule has 1 aromatic carbocycles. The predicted molar refractivity (Wildman–Crippen MR) is 126 cm³/mol. The summed E-state index contributed by atoms with van der Waals surface area (Å²) in [6.45, 7) is 7.28. The molecule has 0 bridgehead atoms. The lowest BCUT2D eigenvalue weighted by atomic mass is 10.1. The van der Waals surface area contributed by atoms with Gasteiger partial charge in [0.2, 0.25) is 0 Å². The second-order valence-corrected chi connectivity index (χ2v) is 8.56. The second kappa shape index (κ2) is 7.77. The van der Waals surface area contributed by atoms with Crippen LogP contribution < -0.4 is 10.5 Å². The Morgan fingerprint density at radius 2 is 1.94 bits per heavy atom. The molecule has 0 aliphatic carbocycles. The SMILES string of the molecule is COc1ccc(C)c(-n2c(N)c(C(=O)N3CCn4nccc4C3)c3nc(C)c(Cl)nc32)c1C. The van der Waals surface area contributed by atoms with E-state index in [1.165, 1.54) is 0 Å². The number of fused-ring (bicyclic) bond motifs is 2. The Morgan fingerprint density at radius 3 is 2.70 bits per heavy atom. The lowest BCUT2D eigenvalue weighted by Crippen LogP contribution is -2.38. The van der Waals surface area contributed by atoms with E-state index in [4.69, 9.17) is 22.1 Å². The first-order chi connectivity index (χ1) is 15.8. The lowest BCUT2D eigenvalue weighted by molar-refractivity contribution is 0.0709. The monoisotopic (exact) mass is 465 g/mol. The number of halogens is 1. The van der Waals surface area contributed by atoms with Crippen molar-refractivity contribution in [3.05, 3.63) is 57.6 Å². The highest BCUT2D eigenvalue weighted by atomic mass is 35.5. The van der Waals surface area contributed by atoms with Gasteiger partial charge in [-0.25, -0.2) is 9.97 Å². The van der Waals surface area contributed by atoms with Gasteiger partial charge in [0.1, 0.15) is 22.6 Å². The van der Waals surface area contributed by atoms with E-state index in [2.05, 4.69) is 15.1 Å². The van der Waals surface area contributed by atoms with Gasteiger partial charge in [-0.15, -0.1) is 0 Å². The standard InChI is InChI=1S/C23H24ClN7O2/c1-12-5-6-16(33-4)13(2)19(12)31-21(25)17(18-22(31)28-20(24)14(3)27-18)23(32)29-9-10-30-15(11-29)7-8-26-30/h5-8H,9-11,25H2,1-4H3. The summed E-state index contributed by atoms with van der Waals surface area (Å²) in [5.41, 5.74) is 12.0. The van der Waals surface area contributed by atoms with Crippen LogP contribution in [0.4, 0.5) is 5.82 Å². The van der Waals surface area contributed by atoms with E-state index < -0.39 is 0 Å². The molecule has 4 heterocycles. The molecule has 3 aromatic heterocycles. The molecule has 0 spiro atoms. The molecule has 170 valence electrons. The van der Waals surface area contributed by atoms with Gasteiger partial charge in [-0.3, -0.25) is 14.0 Å². The largest absolute Gasteiger partial charge is 0.496 e. The Morgan fingerprint density at radius 1 is 1.15 bits per heavy atom. The summed E-state index contributed by atoms with van der Waals surface area (Å²) in [6.07, 6.45) is 1.74. The van der Waals surface area contributed by atoms with E-state index >= 15 is 0 Å². The molecule has 1 amide bonds. The molecule has 5 rings (SSSR count). The van der Waals surface area contributed by atoms with Gasteiger partial charge in [-0.2, -0.15) is 5.10 Å². The highest BCUT2D eigenvalue weighted by Crippen LogP contribution is 2.37. The maximum Gasteiger partial charge on any atom is 0.260 e. The molecule has 2 N–H and O–H groups in total. The van der Waals surface area contributed by atoms with Gasteiger partial charge in [-0.05, 0) is 38.5 Å². The van der Waals surface area contributed by atoms with Crippen molar-refractivity contribution in [2.24, 2.45) is 0 Å². The van der Waals surface area contributed by atoms with Crippen molar-refractivity contribution in [3.8, 4) is 11.4 Å². The topological polar surface area (TPSA) is 104 Å². The number of nitrogens with two attached hydrogens (primary N) is 1. The van der Waals surface area contributed by atoms with E-state index in [9.17, 15) is 4.79 Å². The Balaban J connectivity index is 1.75. The maximum absolute atomic E-state index is 13.8. The number of rotatable bonds is 3. The Hall–Kier alpha value is -3.59. The number of nitrogens with zero attached hydrogens (tertiary/aromatic N) is 6. The van der Waals surface area contributed by atoms with E-state index in [1.807, 2.05) is 36.7 Å². The number of hydrogen-bond donors (Lipinski definition) is 1. The number of anilines is 1. The summed E-state index contributed by atoms with van der Waals surface area (Å²) < 4.78 is 9.20. The zero-order chi connectivity index (χ0) is 23.4. The summed E-state index contributed by atoms with van der Waals surface area (Å²) in [4.78, 5) is 24.8. The van der Waals surface area contributed by atoms with Crippen LogP contribution in [-0.2, 0) is 13.1 Å². The average molecular weight is 466 g/mol. The third-order valence-corrected chi connectivity index (χ3v) is 6.56. The molecule has 9 nitrogen and oxygen atoms in total. The molecule has 0 unspecified atom stereocenters. The van der Waals surface area contributed by atoms with Crippen LogP contribution in [0.2, 0.25) is 5.15 Å². The number of amides is 1. The predicted octanol–water partition coefficient (Wildman–Crippen LogP) is 3.44. The molecule has 0 atom stereocenters. The van der Waals surface area contributed by atoms with Crippen LogP contribution >= 0.6 is 11.6 Å². The number of aromatic nitrogens is 5. The first-order valence-corrected chi connectivity index (χ1v) is 11.0. The van der Waals surface area contributed by atoms with Gasteiger partial charge in [0, 0.05) is 18.3 Å². The quantitative estimate of drug-likeness (QED) is 0.497. The number of carbonyl (C=O) groups is 1. The fraction of sp³-hybridized carbons (Fsp3) is 0.304. The molecular formula is C23H24ClN7O2. The molecule has 0 radical (unpaired) electrons. The fourth-order valence-electron chi connectivity index (χ4n) is 4.50. The number of methoxy groups -OCH3 is 1. The smallest absolute Gasteiger partial charge is 0.260 e. The first kappa shape index (κ1) is 21.3. The number of carbonyl (C=O) groups excluding carboxylic acids is 1. The van der Waals surface area contributed by atoms with Crippen molar-refractivity contribution in [3.63, 3.8) is 0 Å². The van der Waals surface area contributed by atoms with E-state index in [0.717, 1.165) is 22.5 Å². The van der Waals surface area contributed by atoms with Crippen molar-refractivity contribution in [2.75, 3.05) is 19.4 Å². The normalized spacial score (nSPS) is 13.4. The van der Waals surface area contributed by atoms with E-state index in [1.54, 1.807) is 29.7 Å². The highest BCUT2D eigenvalue weighted by molar-refractivity contribution is 6.30. The molecule has 0 fully saturated rings. The van der Waals surface area contributed by atoms with Crippen molar-refractivity contribution >= 4 is 34.5 Å². The van der Waals surface area contributed by atoms with Crippen LogP contribution in [0.3, 0.4) is 0 Å². The summed E-state index contributed by atoms with van der Waals surface area (Å²) in [6, 6.07) is 5.77. The summed E-state index contributed by atoms with van der Waals surface area (Å²) in [7, 11) is 1.62. The molecule has 10 heteroatoms. The summed E-state index contributed by atoms with van der Waals surface area (Å²) >= 11 is 6.36. The van der Waals surface area contributed by atoms with Crippen LogP contribution in [0.25, 0.3) is 16.9 Å². The number of ether oxygens (including phenoxy) is 1. The minimum atomic E-state index is -0.196. The minimum absolute atomic E-state index is 0.196. The lowest BCUT2D eigenvalue weighted by Gasteiger charge is -2.27. The summed E-state index contributed by atoms with van der Waals surface area (Å²) in [5, 5.41) is 4.56. The third-order valence-electron chi connectivity index (χ3n) is 6.21. The number of nitrogen functional groups attached to an aromatic ring is 1. The zero-order valence-corrected chi connectivity index (χ0v) is 19.6. The van der Waals surface area contributed by atoms with Gasteiger partial charge in [0.15, 0.2) is 10.8 Å². The zero-order valence-electron chi connectivity index (χ0n) is 18.9. The van der Waals surface area contributed by atoms with Gasteiger partial charge in [-0.1, -0.05) is 17.7 Å². The Labute approximate surface area is 195 Å². The third kappa shape index (κ3) is 3.22. The maximum atomic E-state index is 13.8. The molecule has 1 aliphatic rings. The number of benzene rings is 1. The average Bonchev–Trinajstić information content (AvgIpc) is 3.36. The fourth-order valence-corrected chi connectivity index (χ4v) is 4.62. The van der Waals surface area contributed by atoms with Crippen LogP contribution in [0.1, 0.15) is 32.9 Å². The van der Waals surface area contributed by atoms with Crippen molar-refractivity contribution in [2.45, 2.75) is 33.9 Å². The van der Waals surface area contributed by atoms with Gasteiger partial charge in [0.25, 0.3) is 5.91 Å². The van der Waals surface area contributed by atoms with Crippen LogP contribution in [0.5, 0.6) is 5.75 Å². The van der Waals surface area contributed by atoms with Crippen molar-refractivity contribution < 1.29 is 9.53 Å². The van der Waals surface area contributed by atoms with E-state index in [0.29, 0.717) is 47.8 Å². The van der Waals surface area contributed by atoms with Crippen molar-refractivity contribution in [1.29, 1.82) is 0 Å². The molecule has 1 aliphatic heterocycles. The van der Waals surface area contributed by atoms with Gasteiger partial charge in [0.05, 0.1) is 37.3 Å². The Bertz CT molecular complexity index is 1420. The van der Waals surface area contributed by atoms with Crippen LogP contribution in [0.15, 0.2) is 24.4 Å². The molecule has 0 saturated carbocycles. The highest BCUT2D eigenvalue weighted by Gasteiger charge is 2.31. The number of hydrogen-bond acceptors (Lipinski definition) is 6. The molecular weight excluding hydrogens is 442 g/mol. The molecule has 33 heavy (non-hydrogen) atoms. The van der Waals surface area contributed by atoms with Gasteiger partial charge < -0.3 is 15.4 Å². The first-order valence-electron chi connectivity index (χ1n) is 10.6. The van der Waals surface area contributed by atoms with Crippen LogP contribution in [0, 0.1) is 20.8 Å². The van der Waals surface area contributed by atoms with E-state index in [-0.39, 0.29) is 16.9 Å².